The molecule has 112 valence electrons. The van der Waals surface area contributed by atoms with E-state index in [-0.39, 0.29) is 17.8 Å². The Hall–Kier alpha value is -1.30. The molecule has 2 unspecified atom stereocenters. The predicted octanol–water partition coefficient (Wildman–Crippen LogP) is 4.43. The number of hydrazine groups is 1. The molecule has 0 saturated carbocycles. The molecule has 1 heterocycles. The van der Waals surface area contributed by atoms with Crippen LogP contribution in [0.4, 0.5) is 23.2 Å². The minimum absolute atomic E-state index is 0.0820. The van der Waals surface area contributed by atoms with Gasteiger partial charge in [-0.25, -0.2) is 9.40 Å². The topological polar surface area (TPSA) is 15.3 Å². The van der Waals surface area contributed by atoms with Crippen LogP contribution >= 0.6 is 0 Å². The van der Waals surface area contributed by atoms with Gasteiger partial charge in [-0.2, -0.15) is 13.2 Å². The molecule has 0 aliphatic carbocycles. The molecule has 1 aliphatic rings. The standard InChI is InChI=1S/C14H18F4N2/c1-9-4-3-5-10(2)20(9)19-13-7-6-11(8-12(13)15)14(16,17)18/h6-10,19H,3-5H2,1-2H3. The summed E-state index contributed by atoms with van der Waals surface area (Å²) in [5.74, 6) is -0.884. The van der Waals surface area contributed by atoms with Gasteiger partial charge in [-0.3, -0.25) is 0 Å². The van der Waals surface area contributed by atoms with Crippen molar-refractivity contribution in [1.82, 2.24) is 5.01 Å². The van der Waals surface area contributed by atoms with Gasteiger partial charge in [-0.05, 0) is 44.9 Å². The normalized spacial score (nSPS) is 24.7. The number of hydrogen-bond donors (Lipinski definition) is 1. The molecule has 1 aromatic carbocycles. The summed E-state index contributed by atoms with van der Waals surface area (Å²) in [6.45, 7) is 4.04. The number of benzene rings is 1. The van der Waals surface area contributed by atoms with E-state index in [0.29, 0.717) is 6.07 Å². The minimum atomic E-state index is -4.52. The molecule has 6 heteroatoms. The highest BCUT2D eigenvalue weighted by Gasteiger charge is 2.32. The van der Waals surface area contributed by atoms with E-state index in [9.17, 15) is 17.6 Å². The summed E-state index contributed by atoms with van der Waals surface area (Å²) in [6.07, 6.45) is -1.44. The van der Waals surface area contributed by atoms with E-state index in [1.54, 1.807) is 0 Å². The Bertz CT molecular complexity index is 463. The third-order valence-electron chi connectivity index (χ3n) is 3.74. The molecule has 1 fully saturated rings. The largest absolute Gasteiger partial charge is 0.416 e. The molecule has 0 bridgehead atoms. The Morgan fingerprint density at radius 1 is 1.15 bits per heavy atom. The second kappa shape index (κ2) is 5.60. The third-order valence-corrected chi connectivity index (χ3v) is 3.74. The van der Waals surface area contributed by atoms with Gasteiger partial charge in [0, 0.05) is 12.1 Å². The van der Waals surface area contributed by atoms with Crippen molar-refractivity contribution in [3.63, 3.8) is 0 Å². The summed E-state index contributed by atoms with van der Waals surface area (Å²) in [5, 5.41) is 1.91. The fraction of sp³-hybridized carbons (Fsp3) is 0.571. The maximum absolute atomic E-state index is 13.8. The van der Waals surface area contributed by atoms with Crippen molar-refractivity contribution < 1.29 is 17.6 Å². The van der Waals surface area contributed by atoms with Crippen LogP contribution in [0.5, 0.6) is 0 Å². The average molecular weight is 290 g/mol. The van der Waals surface area contributed by atoms with Gasteiger partial charge in [0.1, 0.15) is 5.82 Å². The Kier molecular flexibility index (Phi) is 4.22. The summed E-state index contributed by atoms with van der Waals surface area (Å²) in [7, 11) is 0. The Labute approximate surface area is 115 Å². The average Bonchev–Trinajstić information content (AvgIpc) is 2.34. The van der Waals surface area contributed by atoms with Gasteiger partial charge >= 0.3 is 6.18 Å². The van der Waals surface area contributed by atoms with Crippen molar-refractivity contribution in [3.8, 4) is 0 Å². The van der Waals surface area contributed by atoms with Gasteiger partial charge in [0.15, 0.2) is 0 Å². The first-order valence-electron chi connectivity index (χ1n) is 6.71. The van der Waals surface area contributed by atoms with Crippen molar-refractivity contribution in [2.45, 2.75) is 51.4 Å². The zero-order chi connectivity index (χ0) is 14.9. The number of halogens is 4. The lowest BCUT2D eigenvalue weighted by atomic mass is 10.00. The Morgan fingerprint density at radius 3 is 2.25 bits per heavy atom. The quantitative estimate of drug-likeness (QED) is 0.810. The summed E-state index contributed by atoms with van der Waals surface area (Å²) in [6, 6.07) is 3.01. The van der Waals surface area contributed by atoms with Gasteiger partial charge in [0.25, 0.3) is 0 Å². The highest BCUT2D eigenvalue weighted by molar-refractivity contribution is 5.46. The van der Waals surface area contributed by atoms with E-state index in [1.165, 1.54) is 0 Å². The first kappa shape index (κ1) is 15.1. The maximum Gasteiger partial charge on any atom is 0.416 e. The van der Waals surface area contributed by atoms with Gasteiger partial charge in [-0.1, -0.05) is 6.42 Å². The molecular weight excluding hydrogens is 272 g/mol. The number of rotatable bonds is 2. The monoisotopic (exact) mass is 290 g/mol. The van der Waals surface area contributed by atoms with Crippen molar-refractivity contribution in [3.05, 3.63) is 29.6 Å². The summed E-state index contributed by atoms with van der Waals surface area (Å²) in [5.41, 5.74) is 2.03. The van der Waals surface area contributed by atoms with Gasteiger partial charge in [-0.15, -0.1) is 0 Å². The molecule has 1 saturated heterocycles. The highest BCUT2D eigenvalue weighted by atomic mass is 19.4. The number of nitrogens with zero attached hydrogens (tertiary/aromatic N) is 1. The molecule has 1 aliphatic heterocycles. The molecule has 0 spiro atoms. The van der Waals surface area contributed by atoms with Gasteiger partial charge < -0.3 is 5.43 Å². The van der Waals surface area contributed by atoms with Crippen LogP contribution in [0, 0.1) is 5.82 Å². The van der Waals surface area contributed by atoms with Crippen LogP contribution in [0.3, 0.4) is 0 Å². The lowest BCUT2D eigenvalue weighted by molar-refractivity contribution is -0.137. The highest BCUT2D eigenvalue weighted by Crippen LogP contribution is 2.32. The first-order chi connectivity index (χ1) is 9.29. The van der Waals surface area contributed by atoms with Crippen molar-refractivity contribution >= 4 is 5.69 Å². The van der Waals surface area contributed by atoms with Crippen LogP contribution in [-0.2, 0) is 6.18 Å². The third kappa shape index (κ3) is 3.23. The zero-order valence-corrected chi connectivity index (χ0v) is 11.5. The van der Waals surface area contributed by atoms with Crippen molar-refractivity contribution in [2.24, 2.45) is 0 Å². The lowest BCUT2D eigenvalue weighted by Crippen LogP contribution is -2.47. The second-order valence-corrected chi connectivity index (χ2v) is 5.34. The second-order valence-electron chi connectivity index (χ2n) is 5.34. The van der Waals surface area contributed by atoms with E-state index in [2.05, 4.69) is 5.43 Å². The minimum Gasteiger partial charge on any atom is -0.316 e. The maximum atomic E-state index is 13.8. The summed E-state index contributed by atoms with van der Waals surface area (Å²) < 4.78 is 51.3. The van der Waals surface area contributed by atoms with Crippen LogP contribution in [0.25, 0.3) is 0 Å². The van der Waals surface area contributed by atoms with Gasteiger partial charge in [0.05, 0.1) is 11.3 Å². The van der Waals surface area contributed by atoms with Crippen LogP contribution < -0.4 is 5.43 Å². The zero-order valence-electron chi connectivity index (χ0n) is 11.5. The van der Waals surface area contributed by atoms with Crippen LogP contribution in [0.1, 0.15) is 38.7 Å². The molecule has 0 aromatic heterocycles. The van der Waals surface area contributed by atoms with Gasteiger partial charge in [0.2, 0.25) is 0 Å². The predicted molar refractivity (Wildman–Crippen MR) is 69.6 cm³/mol. The van der Waals surface area contributed by atoms with Crippen LogP contribution in [0.2, 0.25) is 0 Å². The smallest absolute Gasteiger partial charge is 0.316 e. The molecule has 2 nitrogen and oxygen atoms in total. The fourth-order valence-electron chi connectivity index (χ4n) is 2.56. The van der Waals surface area contributed by atoms with E-state index >= 15 is 0 Å². The Balaban J connectivity index is 2.17. The van der Waals surface area contributed by atoms with Crippen molar-refractivity contribution in [2.75, 3.05) is 5.43 Å². The molecule has 1 aromatic rings. The van der Waals surface area contributed by atoms with E-state index in [4.69, 9.17) is 0 Å². The molecule has 20 heavy (non-hydrogen) atoms. The lowest BCUT2D eigenvalue weighted by Gasteiger charge is -2.39. The number of nitrogens with one attached hydrogen (secondary N) is 1. The fourth-order valence-corrected chi connectivity index (χ4v) is 2.56. The Morgan fingerprint density at radius 2 is 1.75 bits per heavy atom. The number of alkyl halides is 3. The molecule has 0 amide bonds. The number of piperidine rings is 1. The van der Waals surface area contributed by atoms with E-state index in [1.807, 2.05) is 18.9 Å². The van der Waals surface area contributed by atoms with Crippen molar-refractivity contribution in [1.29, 1.82) is 0 Å². The first-order valence-corrected chi connectivity index (χ1v) is 6.71. The molecule has 0 radical (unpaired) electrons. The molecule has 1 N–H and O–H groups in total. The number of hydrogen-bond acceptors (Lipinski definition) is 2. The number of anilines is 1. The molecule has 2 rings (SSSR count). The SMILES string of the molecule is CC1CCCC(C)N1Nc1ccc(C(F)(F)F)cc1F. The van der Waals surface area contributed by atoms with E-state index in [0.717, 1.165) is 31.4 Å². The summed E-state index contributed by atoms with van der Waals surface area (Å²) >= 11 is 0. The summed E-state index contributed by atoms with van der Waals surface area (Å²) in [4.78, 5) is 0. The van der Waals surface area contributed by atoms with Crippen LogP contribution in [-0.4, -0.2) is 17.1 Å². The molecule has 2 atom stereocenters. The van der Waals surface area contributed by atoms with E-state index < -0.39 is 17.6 Å². The molecular formula is C14H18F4N2. The van der Waals surface area contributed by atoms with Crippen LogP contribution in [0.15, 0.2) is 18.2 Å².